The van der Waals surface area contributed by atoms with E-state index < -0.39 is 0 Å². The lowest BCUT2D eigenvalue weighted by atomic mass is 10.0. The van der Waals surface area contributed by atoms with Crippen LogP contribution in [0.15, 0.2) is 48.5 Å². The van der Waals surface area contributed by atoms with E-state index in [0.717, 1.165) is 11.3 Å². The number of guanidine groups is 1. The second-order valence-electron chi connectivity index (χ2n) is 6.42. The zero-order valence-electron chi connectivity index (χ0n) is 13.4. The van der Waals surface area contributed by atoms with E-state index in [-0.39, 0.29) is 11.5 Å². The van der Waals surface area contributed by atoms with Gasteiger partial charge in [0.25, 0.3) is 0 Å². The van der Waals surface area contributed by atoms with Crippen molar-refractivity contribution >= 4 is 11.6 Å². The van der Waals surface area contributed by atoms with Gasteiger partial charge in [-0.25, -0.2) is 0 Å². The molecule has 2 aromatic carbocycles. The Hall–Kier alpha value is -2.49. The summed E-state index contributed by atoms with van der Waals surface area (Å²) in [6, 6.07) is 16.7. The topological polar surface area (TPSA) is 73.9 Å². The normalized spacial score (nSPS) is 11.0. The van der Waals surface area contributed by atoms with Crippen molar-refractivity contribution in [3.05, 3.63) is 54.1 Å². The molecular formula is C18H24N4. The van der Waals surface area contributed by atoms with Gasteiger partial charge in [0, 0.05) is 17.8 Å². The van der Waals surface area contributed by atoms with E-state index in [2.05, 4.69) is 67.8 Å². The summed E-state index contributed by atoms with van der Waals surface area (Å²) in [6.45, 7) is 7.02. The summed E-state index contributed by atoms with van der Waals surface area (Å²) in [6.07, 6.45) is 0. The SMILES string of the molecule is CC(C)(C)Nc1ccc(-c2ccc(CNC(=N)N)cc2)cc1. The highest BCUT2D eigenvalue weighted by molar-refractivity contribution is 5.74. The van der Waals surface area contributed by atoms with E-state index in [1.807, 2.05) is 12.1 Å². The van der Waals surface area contributed by atoms with Crippen LogP contribution in [0.4, 0.5) is 5.69 Å². The lowest BCUT2D eigenvalue weighted by Gasteiger charge is -2.22. The van der Waals surface area contributed by atoms with Crippen LogP contribution < -0.4 is 16.4 Å². The van der Waals surface area contributed by atoms with Crippen LogP contribution in [0.2, 0.25) is 0 Å². The molecule has 0 aliphatic heterocycles. The largest absolute Gasteiger partial charge is 0.380 e. The standard InChI is InChI=1S/C18H24N4/c1-18(2,3)22-16-10-8-15(9-11-16)14-6-4-13(5-7-14)12-21-17(19)20/h4-11,22H,12H2,1-3H3,(H4,19,20,21). The van der Waals surface area contributed by atoms with Gasteiger partial charge >= 0.3 is 0 Å². The van der Waals surface area contributed by atoms with Gasteiger partial charge in [-0.05, 0) is 49.6 Å². The van der Waals surface area contributed by atoms with Crippen molar-refractivity contribution in [2.45, 2.75) is 32.9 Å². The van der Waals surface area contributed by atoms with E-state index in [1.54, 1.807) is 0 Å². The molecule has 2 rings (SSSR count). The third-order valence-corrected chi connectivity index (χ3v) is 3.17. The monoisotopic (exact) mass is 296 g/mol. The summed E-state index contributed by atoms with van der Waals surface area (Å²) in [4.78, 5) is 0. The molecular weight excluding hydrogens is 272 g/mol. The second kappa shape index (κ2) is 6.52. The van der Waals surface area contributed by atoms with Crippen LogP contribution in [0.1, 0.15) is 26.3 Å². The fourth-order valence-corrected chi connectivity index (χ4v) is 2.19. The molecule has 0 aromatic heterocycles. The molecule has 0 saturated carbocycles. The van der Waals surface area contributed by atoms with Gasteiger partial charge in [0.05, 0.1) is 0 Å². The Morgan fingerprint density at radius 2 is 1.45 bits per heavy atom. The number of rotatable bonds is 4. The van der Waals surface area contributed by atoms with Gasteiger partial charge in [-0.2, -0.15) is 0 Å². The Morgan fingerprint density at radius 3 is 1.91 bits per heavy atom. The highest BCUT2D eigenvalue weighted by Crippen LogP contribution is 2.23. The van der Waals surface area contributed by atoms with Crippen molar-refractivity contribution in [2.24, 2.45) is 5.73 Å². The van der Waals surface area contributed by atoms with Crippen molar-refractivity contribution in [1.82, 2.24) is 5.32 Å². The van der Waals surface area contributed by atoms with Crippen LogP contribution in [0.25, 0.3) is 11.1 Å². The molecule has 0 atom stereocenters. The first kappa shape index (κ1) is 15.9. The van der Waals surface area contributed by atoms with Gasteiger partial charge in [-0.1, -0.05) is 36.4 Å². The summed E-state index contributed by atoms with van der Waals surface area (Å²) in [7, 11) is 0. The number of hydrogen-bond donors (Lipinski definition) is 4. The molecule has 0 spiro atoms. The first-order valence-electron chi connectivity index (χ1n) is 7.39. The van der Waals surface area contributed by atoms with E-state index in [4.69, 9.17) is 11.1 Å². The van der Waals surface area contributed by atoms with Gasteiger partial charge in [0.15, 0.2) is 5.96 Å². The Kier molecular flexibility index (Phi) is 4.71. The Bertz CT molecular complexity index is 622. The molecule has 0 amide bonds. The van der Waals surface area contributed by atoms with Crippen molar-refractivity contribution in [1.29, 1.82) is 5.41 Å². The number of nitrogens with two attached hydrogens (primary N) is 1. The zero-order chi connectivity index (χ0) is 16.2. The van der Waals surface area contributed by atoms with Crippen molar-refractivity contribution in [3.8, 4) is 11.1 Å². The maximum absolute atomic E-state index is 7.16. The lowest BCUT2D eigenvalue weighted by molar-refractivity contribution is 0.634. The second-order valence-corrected chi connectivity index (χ2v) is 6.42. The molecule has 4 heteroatoms. The minimum absolute atomic E-state index is 0.00832. The molecule has 4 nitrogen and oxygen atoms in total. The van der Waals surface area contributed by atoms with Crippen LogP contribution in [0, 0.1) is 5.41 Å². The predicted molar refractivity (Wildman–Crippen MR) is 94.0 cm³/mol. The summed E-state index contributed by atoms with van der Waals surface area (Å²) in [5.74, 6) is -0.00832. The Labute approximate surface area is 132 Å². The first-order valence-corrected chi connectivity index (χ1v) is 7.39. The minimum Gasteiger partial charge on any atom is -0.380 e. The molecule has 0 bridgehead atoms. The summed E-state index contributed by atoms with van der Waals surface area (Å²) < 4.78 is 0. The van der Waals surface area contributed by atoms with Crippen molar-refractivity contribution in [3.63, 3.8) is 0 Å². The summed E-state index contributed by atoms with van der Waals surface area (Å²) in [5.41, 5.74) is 9.93. The summed E-state index contributed by atoms with van der Waals surface area (Å²) >= 11 is 0. The quantitative estimate of drug-likeness (QED) is 0.515. The molecule has 116 valence electrons. The number of nitrogens with one attached hydrogen (secondary N) is 3. The van der Waals surface area contributed by atoms with Crippen LogP contribution in [-0.4, -0.2) is 11.5 Å². The van der Waals surface area contributed by atoms with E-state index >= 15 is 0 Å². The minimum atomic E-state index is -0.00832. The molecule has 22 heavy (non-hydrogen) atoms. The van der Waals surface area contributed by atoms with Crippen molar-refractivity contribution < 1.29 is 0 Å². The van der Waals surface area contributed by atoms with E-state index in [1.165, 1.54) is 11.1 Å². The number of benzene rings is 2. The maximum Gasteiger partial charge on any atom is 0.185 e. The molecule has 0 unspecified atom stereocenters. The molecule has 0 aliphatic rings. The number of hydrogen-bond acceptors (Lipinski definition) is 2. The van der Waals surface area contributed by atoms with Gasteiger partial charge < -0.3 is 16.4 Å². The smallest absolute Gasteiger partial charge is 0.185 e. The Morgan fingerprint density at radius 1 is 0.955 bits per heavy atom. The van der Waals surface area contributed by atoms with Gasteiger partial charge in [-0.3, -0.25) is 5.41 Å². The average molecular weight is 296 g/mol. The Balaban J connectivity index is 2.07. The van der Waals surface area contributed by atoms with Crippen LogP contribution >= 0.6 is 0 Å². The predicted octanol–water partition coefficient (Wildman–Crippen LogP) is 3.55. The highest BCUT2D eigenvalue weighted by Gasteiger charge is 2.08. The third-order valence-electron chi connectivity index (χ3n) is 3.17. The molecule has 2 aromatic rings. The fraction of sp³-hybridized carbons (Fsp3) is 0.278. The molecule has 5 N–H and O–H groups in total. The van der Waals surface area contributed by atoms with Crippen LogP contribution in [-0.2, 0) is 6.54 Å². The average Bonchev–Trinajstić information content (AvgIpc) is 2.45. The first-order chi connectivity index (χ1) is 10.3. The molecule has 0 heterocycles. The van der Waals surface area contributed by atoms with Crippen LogP contribution in [0.5, 0.6) is 0 Å². The maximum atomic E-state index is 7.16. The van der Waals surface area contributed by atoms with E-state index in [9.17, 15) is 0 Å². The van der Waals surface area contributed by atoms with Gasteiger partial charge in [-0.15, -0.1) is 0 Å². The zero-order valence-corrected chi connectivity index (χ0v) is 13.4. The third kappa shape index (κ3) is 4.81. The van der Waals surface area contributed by atoms with Gasteiger partial charge in [0.1, 0.15) is 0 Å². The van der Waals surface area contributed by atoms with E-state index in [0.29, 0.717) is 6.54 Å². The molecule has 0 radical (unpaired) electrons. The molecule has 0 saturated heterocycles. The molecule has 0 aliphatic carbocycles. The fourth-order valence-electron chi connectivity index (χ4n) is 2.19. The lowest BCUT2D eigenvalue weighted by Crippen LogP contribution is -2.29. The highest BCUT2D eigenvalue weighted by atomic mass is 15.0. The van der Waals surface area contributed by atoms with Crippen LogP contribution in [0.3, 0.4) is 0 Å². The molecule has 0 fully saturated rings. The number of anilines is 1. The van der Waals surface area contributed by atoms with Gasteiger partial charge in [0.2, 0.25) is 0 Å². The summed E-state index contributed by atoms with van der Waals surface area (Å²) in [5, 5.41) is 13.4. The van der Waals surface area contributed by atoms with Crippen molar-refractivity contribution in [2.75, 3.05) is 5.32 Å².